The SMILES string of the molecule is CNC(C(=O)N(C)[C@H](C(=O)N1CCC[C@H]1C(=O)O)C(C)C)C(C)C. The average Bonchev–Trinajstić information content (AvgIpc) is 2.96. The number of likely N-dealkylation sites (N-methyl/N-ethyl adjacent to an activating group) is 2. The molecule has 7 heteroatoms. The molecule has 1 aliphatic heterocycles. The third kappa shape index (κ3) is 4.26. The highest BCUT2D eigenvalue weighted by atomic mass is 16.4. The molecule has 0 aromatic heterocycles. The Kier molecular flexibility index (Phi) is 7.20. The van der Waals surface area contributed by atoms with Crippen LogP contribution in [-0.2, 0) is 14.4 Å². The van der Waals surface area contributed by atoms with E-state index >= 15 is 0 Å². The number of nitrogens with zero attached hydrogens (tertiary/aromatic N) is 2. The van der Waals surface area contributed by atoms with Crippen molar-refractivity contribution in [1.29, 1.82) is 0 Å². The number of carbonyl (C=O) groups excluding carboxylic acids is 2. The maximum Gasteiger partial charge on any atom is 0.326 e. The van der Waals surface area contributed by atoms with E-state index in [1.165, 1.54) is 9.80 Å². The third-order valence-electron chi connectivity index (χ3n) is 4.71. The summed E-state index contributed by atoms with van der Waals surface area (Å²) in [6.07, 6.45) is 1.14. The molecule has 1 rings (SSSR count). The van der Waals surface area contributed by atoms with Gasteiger partial charge in [-0.1, -0.05) is 27.7 Å². The number of hydrogen-bond donors (Lipinski definition) is 2. The molecule has 7 nitrogen and oxygen atoms in total. The summed E-state index contributed by atoms with van der Waals surface area (Å²) in [7, 11) is 3.35. The molecule has 1 unspecified atom stereocenters. The lowest BCUT2D eigenvalue weighted by Crippen LogP contribution is -2.58. The molecule has 138 valence electrons. The first-order valence-corrected chi connectivity index (χ1v) is 8.60. The number of nitrogens with one attached hydrogen (secondary N) is 1. The zero-order valence-electron chi connectivity index (χ0n) is 15.6. The third-order valence-corrected chi connectivity index (χ3v) is 4.71. The van der Waals surface area contributed by atoms with Gasteiger partial charge >= 0.3 is 5.97 Å². The van der Waals surface area contributed by atoms with Gasteiger partial charge in [-0.3, -0.25) is 9.59 Å². The van der Waals surface area contributed by atoms with Crippen molar-refractivity contribution < 1.29 is 19.5 Å². The van der Waals surface area contributed by atoms with Gasteiger partial charge in [-0.05, 0) is 31.7 Å². The predicted molar refractivity (Wildman–Crippen MR) is 91.5 cm³/mol. The van der Waals surface area contributed by atoms with Crippen LogP contribution >= 0.6 is 0 Å². The molecule has 2 amide bonds. The van der Waals surface area contributed by atoms with Gasteiger partial charge in [0.05, 0.1) is 6.04 Å². The van der Waals surface area contributed by atoms with Crippen LogP contribution in [0.3, 0.4) is 0 Å². The van der Waals surface area contributed by atoms with Crippen molar-refractivity contribution >= 4 is 17.8 Å². The Labute approximate surface area is 144 Å². The summed E-state index contributed by atoms with van der Waals surface area (Å²) in [6, 6.07) is -1.82. The maximum absolute atomic E-state index is 13.0. The predicted octanol–water partition coefficient (Wildman–Crippen LogP) is 0.789. The Morgan fingerprint density at radius 3 is 2.17 bits per heavy atom. The fraction of sp³-hybridized carbons (Fsp3) is 0.824. The van der Waals surface area contributed by atoms with Crippen LogP contribution in [0.15, 0.2) is 0 Å². The molecule has 1 saturated heterocycles. The lowest BCUT2D eigenvalue weighted by Gasteiger charge is -2.36. The second-order valence-corrected chi connectivity index (χ2v) is 7.18. The molecule has 0 bridgehead atoms. The van der Waals surface area contributed by atoms with E-state index in [0.29, 0.717) is 19.4 Å². The van der Waals surface area contributed by atoms with Crippen LogP contribution < -0.4 is 5.32 Å². The summed E-state index contributed by atoms with van der Waals surface area (Å²) in [4.78, 5) is 40.0. The van der Waals surface area contributed by atoms with E-state index in [1.54, 1.807) is 14.1 Å². The smallest absolute Gasteiger partial charge is 0.326 e. The number of amides is 2. The van der Waals surface area contributed by atoms with Crippen molar-refractivity contribution in [3.05, 3.63) is 0 Å². The van der Waals surface area contributed by atoms with Crippen LogP contribution in [-0.4, -0.2) is 71.5 Å². The van der Waals surface area contributed by atoms with Crippen LogP contribution in [0.1, 0.15) is 40.5 Å². The number of carbonyl (C=O) groups is 3. The molecule has 1 aliphatic rings. The van der Waals surface area contributed by atoms with Crippen LogP contribution in [0.2, 0.25) is 0 Å². The van der Waals surface area contributed by atoms with E-state index in [1.807, 2.05) is 27.7 Å². The highest BCUT2D eigenvalue weighted by Crippen LogP contribution is 2.23. The van der Waals surface area contributed by atoms with E-state index < -0.39 is 18.1 Å². The van der Waals surface area contributed by atoms with Gasteiger partial charge in [-0.2, -0.15) is 0 Å². The summed E-state index contributed by atoms with van der Waals surface area (Å²) < 4.78 is 0. The molecule has 0 aromatic carbocycles. The molecule has 3 atom stereocenters. The monoisotopic (exact) mass is 341 g/mol. The summed E-state index contributed by atoms with van der Waals surface area (Å²) in [6.45, 7) is 8.07. The van der Waals surface area contributed by atoms with Gasteiger partial charge in [-0.15, -0.1) is 0 Å². The van der Waals surface area contributed by atoms with Crippen LogP contribution in [0, 0.1) is 11.8 Å². The Hall–Kier alpha value is -1.63. The topological polar surface area (TPSA) is 90.0 Å². The molecule has 0 saturated carbocycles. The van der Waals surface area contributed by atoms with Crippen molar-refractivity contribution in [3.63, 3.8) is 0 Å². The van der Waals surface area contributed by atoms with Crippen molar-refractivity contribution in [1.82, 2.24) is 15.1 Å². The minimum Gasteiger partial charge on any atom is -0.480 e. The van der Waals surface area contributed by atoms with Gasteiger partial charge in [0, 0.05) is 13.6 Å². The summed E-state index contributed by atoms with van der Waals surface area (Å²) in [5, 5.41) is 12.3. The molecule has 1 fully saturated rings. The fourth-order valence-corrected chi connectivity index (χ4v) is 3.45. The van der Waals surface area contributed by atoms with Crippen molar-refractivity contribution in [2.75, 3.05) is 20.6 Å². The molecular weight excluding hydrogens is 310 g/mol. The minimum absolute atomic E-state index is 0.0893. The maximum atomic E-state index is 13.0. The van der Waals surface area contributed by atoms with E-state index in [9.17, 15) is 19.5 Å². The minimum atomic E-state index is -0.979. The van der Waals surface area contributed by atoms with Gasteiger partial charge < -0.3 is 20.2 Å². The zero-order valence-corrected chi connectivity index (χ0v) is 15.6. The molecule has 0 aromatic rings. The molecule has 2 N–H and O–H groups in total. The van der Waals surface area contributed by atoms with Crippen LogP contribution in [0.25, 0.3) is 0 Å². The van der Waals surface area contributed by atoms with Gasteiger partial charge in [0.25, 0.3) is 0 Å². The van der Waals surface area contributed by atoms with Crippen molar-refractivity contribution in [2.24, 2.45) is 11.8 Å². The largest absolute Gasteiger partial charge is 0.480 e. The Balaban J connectivity index is 3.03. The number of carboxylic acid groups (broad SMARTS) is 1. The standard InChI is InChI=1S/C17H31N3O4/c1-10(2)13(18-5)15(21)19(6)14(11(3)4)16(22)20-9-7-8-12(20)17(23)24/h10-14,18H,7-9H2,1-6H3,(H,23,24)/t12-,13?,14-/m0/s1. The van der Waals surface area contributed by atoms with Gasteiger partial charge in [0.1, 0.15) is 12.1 Å². The second kappa shape index (κ2) is 8.46. The first-order chi connectivity index (χ1) is 11.1. The highest BCUT2D eigenvalue weighted by molar-refractivity contribution is 5.92. The quantitative estimate of drug-likeness (QED) is 0.714. The normalized spacial score (nSPS) is 20.3. The number of likely N-dealkylation sites (tertiary alicyclic amines) is 1. The number of rotatable bonds is 7. The van der Waals surface area contributed by atoms with E-state index in [2.05, 4.69) is 5.32 Å². The molecule has 0 aliphatic carbocycles. The van der Waals surface area contributed by atoms with E-state index in [-0.39, 0.29) is 29.7 Å². The van der Waals surface area contributed by atoms with E-state index in [0.717, 1.165) is 0 Å². The van der Waals surface area contributed by atoms with Crippen LogP contribution in [0.4, 0.5) is 0 Å². The fourth-order valence-electron chi connectivity index (χ4n) is 3.45. The number of carboxylic acids is 1. The molecule has 0 spiro atoms. The summed E-state index contributed by atoms with van der Waals surface area (Å²) >= 11 is 0. The van der Waals surface area contributed by atoms with E-state index in [4.69, 9.17) is 0 Å². The van der Waals surface area contributed by atoms with Crippen molar-refractivity contribution in [2.45, 2.75) is 58.7 Å². The van der Waals surface area contributed by atoms with Gasteiger partial charge in [-0.25, -0.2) is 4.79 Å². The number of aliphatic carboxylic acids is 1. The van der Waals surface area contributed by atoms with Gasteiger partial charge in [0.2, 0.25) is 11.8 Å². The molecule has 24 heavy (non-hydrogen) atoms. The van der Waals surface area contributed by atoms with Gasteiger partial charge in [0.15, 0.2) is 0 Å². The Morgan fingerprint density at radius 1 is 1.17 bits per heavy atom. The highest BCUT2D eigenvalue weighted by Gasteiger charge is 2.41. The summed E-state index contributed by atoms with van der Waals surface area (Å²) in [5.41, 5.74) is 0. The second-order valence-electron chi connectivity index (χ2n) is 7.18. The first kappa shape index (κ1) is 20.4. The average molecular weight is 341 g/mol. The number of hydrogen-bond acceptors (Lipinski definition) is 4. The Bertz CT molecular complexity index is 478. The van der Waals surface area contributed by atoms with Crippen molar-refractivity contribution in [3.8, 4) is 0 Å². The molecule has 1 heterocycles. The molecule has 0 radical (unpaired) electrons. The lowest BCUT2D eigenvalue weighted by molar-refractivity contribution is -0.154. The zero-order chi connectivity index (χ0) is 18.6. The first-order valence-electron chi connectivity index (χ1n) is 8.60. The Morgan fingerprint density at radius 2 is 1.75 bits per heavy atom. The summed E-state index contributed by atoms with van der Waals surface area (Å²) in [5.74, 6) is -1.42. The molecular formula is C17H31N3O4. The van der Waals surface area contributed by atoms with Crippen LogP contribution in [0.5, 0.6) is 0 Å². The lowest BCUT2D eigenvalue weighted by atomic mass is 9.97.